The van der Waals surface area contributed by atoms with Crippen molar-refractivity contribution in [3.8, 4) is 0 Å². The summed E-state index contributed by atoms with van der Waals surface area (Å²) in [7, 11) is 1.94. The molecule has 1 fully saturated rings. The van der Waals surface area contributed by atoms with E-state index >= 15 is 0 Å². The quantitative estimate of drug-likeness (QED) is 0.914. The zero-order valence-corrected chi connectivity index (χ0v) is 12.9. The molecular formula is C17H26N2O. The molecule has 1 amide bonds. The van der Waals surface area contributed by atoms with Crippen molar-refractivity contribution in [1.82, 2.24) is 10.2 Å². The fourth-order valence-corrected chi connectivity index (χ4v) is 3.23. The Morgan fingerprint density at radius 2 is 1.85 bits per heavy atom. The molecule has 0 saturated carbocycles. The molecule has 1 saturated heterocycles. The van der Waals surface area contributed by atoms with E-state index in [1.807, 2.05) is 30.1 Å². The minimum Gasteiger partial charge on any atom is -0.345 e. The third kappa shape index (κ3) is 3.04. The average molecular weight is 274 g/mol. The Kier molecular flexibility index (Phi) is 4.81. The van der Waals surface area contributed by atoms with Crippen molar-refractivity contribution in [3.05, 3.63) is 35.9 Å². The Balaban J connectivity index is 2.30. The van der Waals surface area contributed by atoms with Gasteiger partial charge in [-0.1, -0.05) is 44.2 Å². The third-order valence-corrected chi connectivity index (χ3v) is 4.18. The second kappa shape index (κ2) is 6.40. The van der Waals surface area contributed by atoms with Gasteiger partial charge in [-0.3, -0.25) is 4.79 Å². The van der Waals surface area contributed by atoms with Gasteiger partial charge in [0.05, 0.1) is 5.41 Å². The van der Waals surface area contributed by atoms with Crippen LogP contribution in [0.1, 0.15) is 32.3 Å². The predicted molar refractivity (Wildman–Crippen MR) is 82.7 cm³/mol. The van der Waals surface area contributed by atoms with E-state index in [4.69, 9.17) is 0 Å². The SMILES string of the molecule is CC(C)CN(C)C(=O)C1(c2ccccc2)CCNCC1. The van der Waals surface area contributed by atoms with Crippen LogP contribution < -0.4 is 5.32 Å². The summed E-state index contributed by atoms with van der Waals surface area (Å²) in [6.45, 7) is 6.95. The summed E-state index contributed by atoms with van der Waals surface area (Å²) in [5, 5.41) is 3.37. The van der Waals surface area contributed by atoms with Gasteiger partial charge in [-0.05, 0) is 37.4 Å². The molecule has 0 unspecified atom stereocenters. The van der Waals surface area contributed by atoms with Crippen LogP contribution in [0.3, 0.4) is 0 Å². The highest BCUT2D eigenvalue weighted by atomic mass is 16.2. The van der Waals surface area contributed by atoms with E-state index in [2.05, 4.69) is 31.3 Å². The minimum atomic E-state index is -0.337. The van der Waals surface area contributed by atoms with Crippen LogP contribution in [0.25, 0.3) is 0 Å². The van der Waals surface area contributed by atoms with Crippen molar-refractivity contribution in [1.29, 1.82) is 0 Å². The van der Waals surface area contributed by atoms with Crippen LogP contribution in [0.4, 0.5) is 0 Å². The molecular weight excluding hydrogens is 248 g/mol. The van der Waals surface area contributed by atoms with Crippen LogP contribution in [0, 0.1) is 5.92 Å². The zero-order valence-electron chi connectivity index (χ0n) is 12.9. The molecule has 2 rings (SSSR count). The highest BCUT2D eigenvalue weighted by Gasteiger charge is 2.42. The first-order valence-electron chi connectivity index (χ1n) is 7.58. The fourth-order valence-electron chi connectivity index (χ4n) is 3.23. The lowest BCUT2D eigenvalue weighted by molar-refractivity contribution is -0.137. The molecule has 1 N–H and O–H groups in total. The number of carbonyl (C=O) groups is 1. The topological polar surface area (TPSA) is 32.3 Å². The summed E-state index contributed by atoms with van der Waals surface area (Å²) in [5.41, 5.74) is 0.831. The summed E-state index contributed by atoms with van der Waals surface area (Å²) < 4.78 is 0. The van der Waals surface area contributed by atoms with E-state index in [9.17, 15) is 4.79 Å². The van der Waals surface area contributed by atoms with E-state index in [0.29, 0.717) is 5.92 Å². The Labute approximate surface area is 122 Å². The molecule has 110 valence electrons. The highest BCUT2D eigenvalue weighted by Crippen LogP contribution is 2.35. The number of likely N-dealkylation sites (N-methyl/N-ethyl adjacent to an activating group) is 1. The number of carbonyl (C=O) groups excluding carboxylic acids is 1. The lowest BCUT2D eigenvalue weighted by Crippen LogP contribution is -2.51. The molecule has 3 heteroatoms. The number of nitrogens with zero attached hydrogens (tertiary/aromatic N) is 1. The molecule has 0 atom stereocenters. The molecule has 1 aliphatic heterocycles. The van der Waals surface area contributed by atoms with Gasteiger partial charge in [-0.15, -0.1) is 0 Å². The maximum Gasteiger partial charge on any atom is 0.233 e. The van der Waals surface area contributed by atoms with Gasteiger partial charge in [0.1, 0.15) is 0 Å². The van der Waals surface area contributed by atoms with Crippen molar-refractivity contribution in [2.24, 2.45) is 5.92 Å². The number of hydrogen-bond donors (Lipinski definition) is 1. The van der Waals surface area contributed by atoms with Crippen LogP contribution in [-0.4, -0.2) is 37.5 Å². The Hall–Kier alpha value is -1.35. The van der Waals surface area contributed by atoms with Crippen molar-refractivity contribution in [2.75, 3.05) is 26.7 Å². The predicted octanol–water partition coefficient (Wildman–Crippen LogP) is 2.42. The number of rotatable bonds is 4. The van der Waals surface area contributed by atoms with Gasteiger partial charge in [0.15, 0.2) is 0 Å². The number of amides is 1. The molecule has 0 radical (unpaired) electrons. The van der Waals surface area contributed by atoms with Gasteiger partial charge in [-0.25, -0.2) is 0 Å². The Morgan fingerprint density at radius 3 is 2.40 bits per heavy atom. The first-order valence-corrected chi connectivity index (χ1v) is 7.58. The lowest BCUT2D eigenvalue weighted by atomic mass is 9.72. The smallest absolute Gasteiger partial charge is 0.233 e. The van der Waals surface area contributed by atoms with Crippen molar-refractivity contribution in [3.63, 3.8) is 0 Å². The summed E-state index contributed by atoms with van der Waals surface area (Å²) in [6.07, 6.45) is 1.77. The van der Waals surface area contributed by atoms with E-state index in [0.717, 1.165) is 32.5 Å². The summed E-state index contributed by atoms with van der Waals surface area (Å²) in [5.74, 6) is 0.775. The second-order valence-electron chi connectivity index (χ2n) is 6.28. The Morgan fingerprint density at radius 1 is 1.25 bits per heavy atom. The molecule has 0 bridgehead atoms. The number of benzene rings is 1. The van der Waals surface area contributed by atoms with Gasteiger partial charge in [0.25, 0.3) is 0 Å². The van der Waals surface area contributed by atoms with Gasteiger partial charge < -0.3 is 10.2 Å². The maximum atomic E-state index is 13.1. The van der Waals surface area contributed by atoms with E-state index < -0.39 is 0 Å². The lowest BCUT2D eigenvalue weighted by Gasteiger charge is -2.40. The first-order chi connectivity index (χ1) is 9.56. The van der Waals surface area contributed by atoms with E-state index in [1.165, 1.54) is 5.56 Å². The van der Waals surface area contributed by atoms with Crippen LogP contribution in [0.5, 0.6) is 0 Å². The standard InChI is InChI=1S/C17H26N2O/c1-14(2)13-19(3)16(20)17(9-11-18-12-10-17)15-7-5-4-6-8-15/h4-8,14,18H,9-13H2,1-3H3. The average Bonchev–Trinajstić information content (AvgIpc) is 2.47. The van der Waals surface area contributed by atoms with E-state index in [1.54, 1.807) is 0 Å². The van der Waals surface area contributed by atoms with Crippen LogP contribution in [-0.2, 0) is 10.2 Å². The fraction of sp³-hybridized carbons (Fsp3) is 0.588. The first kappa shape index (κ1) is 15.0. The number of nitrogens with one attached hydrogen (secondary N) is 1. The monoisotopic (exact) mass is 274 g/mol. The summed E-state index contributed by atoms with van der Waals surface area (Å²) in [6, 6.07) is 10.3. The third-order valence-electron chi connectivity index (χ3n) is 4.18. The normalized spacial score (nSPS) is 18.0. The van der Waals surface area contributed by atoms with Gasteiger partial charge in [0, 0.05) is 13.6 Å². The molecule has 0 aromatic heterocycles. The van der Waals surface area contributed by atoms with Gasteiger partial charge in [0.2, 0.25) is 5.91 Å². The maximum absolute atomic E-state index is 13.1. The molecule has 3 nitrogen and oxygen atoms in total. The largest absolute Gasteiger partial charge is 0.345 e. The van der Waals surface area contributed by atoms with Gasteiger partial charge >= 0.3 is 0 Å². The number of hydrogen-bond acceptors (Lipinski definition) is 2. The Bertz CT molecular complexity index is 436. The van der Waals surface area contributed by atoms with Crippen molar-refractivity contribution in [2.45, 2.75) is 32.1 Å². The molecule has 1 aromatic rings. The summed E-state index contributed by atoms with van der Waals surface area (Å²) in [4.78, 5) is 15.0. The van der Waals surface area contributed by atoms with Crippen molar-refractivity contribution < 1.29 is 4.79 Å². The zero-order chi connectivity index (χ0) is 14.6. The van der Waals surface area contributed by atoms with Crippen LogP contribution >= 0.6 is 0 Å². The minimum absolute atomic E-state index is 0.277. The highest BCUT2D eigenvalue weighted by molar-refractivity contribution is 5.88. The summed E-state index contributed by atoms with van der Waals surface area (Å²) >= 11 is 0. The molecule has 1 aliphatic rings. The van der Waals surface area contributed by atoms with Gasteiger partial charge in [-0.2, -0.15) is 0 Å². The second-order valence-corrected chi connectivity index (χ2v) is 6.28. The number of piperidine rings is 1. The van der Waals surface area contributed by atoms with Crippen LogP contribution in [0.2, 0.25) is 0 Å². The molecule has 1 heterocycles. The van der Waals surface area contributed by atoms with E-state index in [-0.39, 0.29) is 11.3 Å². The molecule has 1 aromatic carbocycles. The molecule has 20 heavy (non-hydrogen) atoms. The van der Waals surface area contributed by atoms with Crippen molar-refractivity contribution >= 4 is 5.91 Å². The molecule has 0 spiro atoms. The van der Waals surface area contributed by atoms with Crippen LogP contribution in [0.15, 0.2) is 30.3 Å². The molecule has 0 aliphatic carbocycles.